The first-order chi connectivity index (χ1) is 9.31. The molecule has 0 aliphatic heterocycles. The van der Waals surface area contributed by atoms with Crippen molar-refractivity contribution in [3.05, 3.63) is 38.3 Å². The van der Waals surface area contributed by atoms with Gasteiger partial charge in [0.15, 0.2) is 0 Å². The number of carbonyl (C=O) groups excluding carboxylic acids is 1. The lowest BCUT2D eigenvalue weighted by Crippen LogP contribution is -2.32. The second-order valence-electron chi connectivity index (χ2n) is 4.23. The van der Waals surface area contributed by atoms with Crippen LogP contribution in [0.1, 0.15) is 30.1 Å². The van der Waals surface area contributed by atoms with Crippen molar-refractivity contribution in [2.45, 2.75) is 25.8 Å². The zero-order valence-electron chi connectivity index (χ0n) is 10.6. The van der Waals surface area contributed by atoms with E-state index in [2.05, 4.69) is 21.2 Å². The number of carbonyl (C=O) groups is 2. The Balaban J connectivity index is 2.75. The van der Waals surface area contributed by atoms with Gasteiger partial charge in [-0.25, -0.2) is 0 Å². The van der Waals surface area contributed by atoms with E-state index in [1.807, 2.05) is 0 Å². The molecule has 1 aromatic carbocycles. The number of carboxylic acid groups (broad SMARTS) is 1. The molecular formula is C12H13BrN2O5. The third kappa shape index (κ3) is 4.61. The SMILES string of the molecule is CC(CCC(=O)O)NC(=O)c1ccc(Br)c([N+](=O)[O-])c1. The normalized spacial score (nSPS) is 11.7. The Hall–Kier alpha value is -1.96. The van der Waals surface area contributed by atoms with Gasteiger partial charge in [0.05, 0.1) is 9.40 Å². The molecular weight excluding hydrogens is 332 g/mol. The topological polar surface area (TPSA) is 110 Å². The summed E-state index contributed by atoms with van der Waals surface area (Å²) in [7, 11) is 0. The lowest BCUT2D eigenvalue weighted by atomic mass is 10.1. The van der Waals surface area contributed by atoms with E-state index in [4.69, 9.17) is 5.11 Å². The molecule has 20 heavy (non-hydrogen) atoms. The van der Waals surface area contributed by atoms with E-state index in [9.17, 15) is 19.7 Å². The monoisotopic (exact) mass is 344 g/mol. The Kier molecular flexibility index (Phi) is 5.63. The summed E-state index contributed by atoms with van der Waals surface area (Å²) in [6.07, 6.45) is 0.238. The molecule has 1 aromatic rings. The van der Waals surface area contributed by atoms with E-state index < -0.39 is 16.8 Å². The van der Waals surface area contributed by atoms with Gasteiger partial charge in [-0.05, 0) is 41.4 Å². The highest BCUT2D eigenvalue weighted by Gasteiger charge is 2.17. The predicted molar refractivity (Wildman–Crippen MR) is 74.6 cm³/mol. The van der Waals surface area contributed by atoms with Crippen LogP contribution in [0.25, 0.3) is 0 Å². The van der Waals surface area contributed by atoms with Gasteiger partial charge in [0, 0.05) is 24.1 Å². The number of carboxylic acids is 1. The van der Waals surface area contributed by atoms with Crippen LogP contribution in [-0.2, 0) is 4.79 Å². The van der Waals surface area contributed by atoms with E-state index in [-0.39, 0.29) is 28.2 Å². The van der Waals surface area contributed by atoms with E-state index in [0.717, 1.165) is 0 Å². The van der Waals surface area contributed by atoms with E-state index in [0.29, 0.717) is 6.42 Å². The number of nitro benzene ring substituents is 1. The minimum atomic E-state index is -0.939. The first-order valence-electron chi connectivity index (χ1n) is 5.78. The molecule has 0 spiro atoms. The molecule has 0 aromatic heterocycles. The van der Waals surface area contributed by atoms with Crippen LogP contribution >= 0.6 is 15.9 Å². The molecule has 8 heteroatoms. The Bertz CT molecular complexity index is 547. The fourth-order valence-electron chi connectivity index (χ4n) is 1.51. The summed E-state index contributed by atoms with van der Waals surface area (Å²) in [4.78, 5) is 32.5. The van der Waals surface area contributed by atoms with Crippen LogP contribution in [0.5, 0.6) is 0 Å². The van der Waals surface area contributed by atoms with Crippen molar-refractivity contribution in [2.24, 2.45) is 0 Å². The van der Waals surface area contributed by atoms with Crippen LogP contribution < -0.4 is 5.32 Å². The van der Waals surface area contributed by atoms with Gasteiger partial charge in [-0.15, -0.1) is 0 Å². The number of nitro groups is 1. The third-order valence-corrected chi connectivity index (χ3v) is 3.24. The van der Waals surface area contributed by atoms with Crippen molar-refractivity contribution in [3.63, 3.8) is 0 Å². The van der Waals surface area contributed by atoms with Gasteiger partial charge in [-0.1, -0.05) is 0 Å². The van der Waals surface area contributed by atoms with Crippen LogP contribution in [0, 0.1) is 10.1 Å². The second kappa shape index (κ2) is 6.99. The van der Waals surface area contributed by atoms with Gasteiger partial charge in [-0.2, -0.15) is 0 Å². The highest BCUT2D eigenvalue weighted by atomic mass is 79.9. The van der Waals surface area contributed by atoms with Crippen molar-refractivity contribution in [2.75, 3.05) is 0 Å². The number of rotatable bonds is 6. The van der Waals surface area contributed by atoms with Crippen molar-refractivity contribution >= 4 is 33.5 Å². The highest BCUT2D eigenvalue weighted by molar-refractivity contribution is 9.10. The lowest BCUT2D eigenvalue weighted by molar-refractivity contribution is -0.385. The van der Waals surface area contributed by atoms with Crippen molar-refractivity contribution in [3.8, 4) is 0 Å². The molecule has 1 rings (SSSR count). The number of hydrogen-bond acceptors (Lipinski definition) is 4. The summed E-state index contributed by atoms with van der Waals surface area (Å²) < 4.78 is 0.290. The van der Waals surface area contributed by atoms with Crippen molar-refractivity contribution in [1.29, 1.82) is 0 Å². The van der Waals surface area contributed by atoms with Gasteiger partial charge in [-0.3, -0.25) is 19.7 Å². The fraction of sp³-hybridized carbons (Fsp3) is 0.333. The molecule has 0 heterocycles. The molecule has 0 saturated heterocycles. The Morgan fingerprint density at radius 3 is 2.70 bits per heavy atom. The van der Waals surface area contributed by atoms with Gasteiger partial charge in [0.2, 0.25) is 0 Å². The maximum Gasteiger partial charge on any atom is 0.303 e. The van der Waals surface area contributed by atoms with Crippen molar-refractivity contribution < 1.29 is 19.6 Å². The Morgan fingerprint density at radius 1 is 1.50 bits per heavy atom. The zero-order chi connectivity index (χ0) is 15.3. The third-order valence-electron chi connectivity index (χ3n) is 2.57. The number of nitrogens with zero attached hydrogens (tertiary/aromatic N) is 1. The van der Waals surface area contributed by atoms with Crippen LogP contribution in [0.2, 0.25) is 0 Å². The first kappa shape index (κ1) is 16.1. The maximum absolute atomic E-state index is 11.9. The molecule has 1 unspecified atom stereocenters. The summed E-state index contributed by atoms with van der Waals surface area (Å²) >= 11 is 3.03. The summed E-state index contributed by atoms with van der Waals surface area (Å²) in [6, 6.07) is 3.72. The van der Waals surface area contributed by atoms with Crippen LogP contribution in [0.4, 0.5) is 5.69 Å². The van der Waals surface area contributed by atoms with Gasteiger partial charge < -0.3 is 10.4 Å². The minimum Gasteiger partial charge on any atom is -0.481 e. The molecule has 2 N–H and O–H groups in total. The number of aliphatic carboxylic acids is 1. The zero-order valence-corrected chi connectivity index (χ0v) is 12.2. The van der Waals surface area contributed by atoms with Crippen LogP contribution in [0.3, 0.4) is 0 Å². The molecule has 7 nitrogen and oxygen atoms in total. The summed E-state index contributed by atoms with van der Waals surface area (Å²) in [6.45, 7) is 1.67. The molecule has 0 fully saturated rings. The fourth-order valence-corrected chi connectivity index (χ4v) is 1.90. The summed E-state index contributed by atoms with van der Waals surface area (Å²) in [5.41, 5.74) is -0.0436. The van der Waals surface area contributed by atoms with Gasteiger partial charge in [0.1, 0.15) is 0 Å². The smallest absolute Gasteiger partial charge is 0.303 e. The van der Waals surface area contributed by atoms with Crippen molar-refractivity contribution in [1.82, 2.24) is 5.32 Å². The number of halogens is 1. The average molecular weight is 345 g/mol. The van der Waals surface area contributed by atoms with E-state index in [1.165, 1.54) is 18.2 Å². The van der Waals surface area contributed by atoms with Crippen LogP contribution in [0.15, 0.2) is 22.7 Å². The maximum atomic E-state index is 11.9. The number of hydrogen-bond donors (Lipinski definition) is 2. The van der Waals surface area contributed by atoms with E-state index in [1.54, 1.807) is 6.92 Å². The minimum absolute atomic E-state index is 0.0536. The lowest BCUT2D eigenvalue weighted by Gasteiger charge is -2.12. The molecule has 1 amide bonds. The molecule has 0 aliphatic carbocycles. The Labute approximate surface area is 123 Å². The van der Waals surface area contributed by atoms with Gasteiger partial charge >= 0.3 is 5.97 Å². The highest BCUT2D eigenvalue weighted by Crippen LogP contribution is 2.25. The number of amides is 1. The second-order valence-corrected chi connectivity index (χ2v) is 5.08. The predicted octanol–water partition coefficient (Wildman–Crippen LogP) is 2.34. The number of benzene rings is 1. The molecule has 1 atom stereocenters. The molecule has 0 bridgehead atoms. The molecule has 0 radical (unpaired) electrons. The molecule has 0 aliphatic rings. The average Bonchev–Trinajstić information content (AvgIpc) is 2.36. The molecule has 0 saturated carbocycles. The standard InChI is InChI=1S/C12H13BrN2O5/c1-7(2-5-11(16)17)14-12(18)8-3-4-9(13)10(6-8)15(19)20/h3-4,6-7H,2,5H2,1H3,(H,14,18)(H,16,17). The summed E-state index contributed by atoms with van der Waals surface area (Å²) in [5, 5.41) is 21.9. The van der Waals surface area contributed by atoms with E-state index >= 15 is 0 Å². The quantitative estimate of drug-likeness (QED) is 0.607. The Morgan fingerprint density at radius 2 is 2.15 bits per heavy atom. The molecule has 108 valence electrons. The largest absolute Gasteiger partial charge is 0.481 e. The summed E-state index contributed by atoms with van der Waals surface area (Å²) in [5.74, 6) is -1.41. The number of nitrogens with one attached hydrogen (secondary N) is 1. The first-order valence-corrected chi connectivity index (χ1v) is 6.57. The van der Waals surface area contributed by atoms with Crippen LogP contribution in [-0.4, -0.2) is 27.9 Å². The van der Waals surface area contributed by atoms with Gasteiger partial charge in [0.25, 0.3) is 11.6 Å².